The van der Waals surface area contributed by atoms with Gasteiger partial charge in [0.2, 0.25) is 0 Å². The Bertz CT molecular complexity index is 1160. The fraction of sp³-hybridized carbons (Fsp3) is 0.200. The number of para-hydroxylation sites is 1. The summed E-state index contributed by atoms with van der Waals surface area (Å²) in [7, 11) is 0. The van der Waals surface area contributed by atoms with Crippen molar-refractivity contribution in [1.82, 2.24) is 4.98 Å². The van der Waals surface area contributed by atoms with Gasteiger partial charge in [-0.2, -0.15) is 0 Å². The second kappa shape index (κ2) is 9.62. The van der Waals surface area contributed by atoms with Gasteiger partial charge in [-0.15, -0.1) is 0 Å². The number of rotatable bonds is 8. The molecule has 0 radical (unpaired) electrons. The summed E-state index contributed by atoms with van der Waals surface area (Å²) in [4.78, 5) is 19.7. The van der Waals surface area contributed by atoms with Crippen molar-refractivity contribution in [2.75, 3.05) is 18.1 Å². The van der Waals surface area contributed by atoms with Crippen LogP contribution in [-0.2, 0) is 11.3 Å². The van der Waals surface area contributed by atoms with Crippen molar-refractivity contribution in [2.45, 2.75) is 20.4 Å². The molecule has 158 valence electrons. The van der Waals surface area contributed by atoms with Gasteiger partial charge in [0, 0.05) is 0 Å². The highest BCUT2D eigenvalue weighted by molar-refractivity contribution is 7.22. The molecule has 0 N–H and O–H groups in total. The third-order valence-electron chi connectivity index (χ3n) is 4.77. The van der Waals surface area contributed by atoms with E-state index in [1.165, 1.54) is 11.3 Å². The largest absolute Gasteiger partial charge is 0.492 e. The van der Waals surface area contributed by atoms with Gasteiger partial charge in [0.1, 0.15) is 17.0 Å². The summed E-state index contributed by atoms with van der Waals surface area (Å²) in [5, 5.41) is 0.628. The van der Waals surface area contributed by atoms with Crippen molar-refractivity contribution < 1.29 is 14.3 Å². The van der Waals surface area contributed by atoms with Gasteiger partial charge in [-0.05, 0) is 43.7 Å². The van der Waals surface area contributed by atoms with Gasteiger partial charge in [-0.3, -0.25) is 9.69 Å². The number of benzene rings is 3. The summed E-state index contributed by atoms with van der Waals surface area (Å²) < 4.78 is 12.5. The second-order valence-electron chi connectivity index (χ2n) is 7.10. The molecule has 6 heteroatoms. The van der Waals surface area contributed by atoms with E-state index in [1.54, 1.807) is 4.90 Å². The molecule has 0 aliphatic carbocycles. The van der Waals surface area contributed by atoms with Gasteiger partial charge in [0.05, 0.1) is 17.9 Å². The van der Waals surface area contributed by atoms with Gasteiger partial charge in [0.25, 0.3) is 5.91 Å². The Morgan fingerprint density at radius 2 is 1.74 bits per heavy atom. The third kappa shape index (κ3) is 5.03. The molecule has 0 aliphatic heterocycles. The number of carbonyl (C=O) groups excluding carboxylic acids is 1. The van der Waals surface area contributed by atoms with Gasteiger partial charge in [-0.1, -0.05) is 65.4 Å². The minimum Gasteiger partial charge on any atom is -0.492 e. The summed E-state index contributed by atoms with van der Waals surface area (Å²) in [6, 6.07) is 23.4. The predicted octanol–water partition coefficient (Wildman–Crippen LogP) is 5.62. The van der Waals surface area contributed by atoms with Crippen LogP contribution in [0.4, 0.5) is 5.13 Å². The summed E-state index contributed by atoms with van der Waals surface area (Å²) in [5.74, 6) is 1.24. The van der Waals surface area contributed by atoms with Crippen molar-refractivity contribution >= 4 is 32.6 Å². The SMILES string of the molecule is CCOc1cccc2sc(N(Cc3ccccc3)C(=O)COc3ccc(C)cc3)nc12. The van der Waals surface area contributed by atoms with Crippen LogP contribution < -0.4 is 14.4 Å². The number of hydrogen-bond acceptors (Lipinski definition) is 5. The van der Waals surface area contributed by atoms with Gasteiger partial charge in [-0.25, -0.2) is 4.98 Å². The summed E-state index contributed by atoms with van der Waals surface area (Å²) in [6.45, 7) is 4.87. The first-order chi connectivity index (χ1) is 15.1. The molecule has 0 bridgehead atoms. The van der Waals surface area contributed by atoms with E-state index < -0.39 is 0 Å². The number of aryl methyl sites for hydroxylation is 1. The third-order valence-corrected chi connectivity index (χ3v) is 5.81. The van der Waals surface area contributed by atoms with Crippen molar-refractivity contribution in [3.63, 3.8) is 0 Å². The molecule has 0 unspecified atom stereocenters. The van der Waals surface area contributed by atoms with E-state index in [2.05, 4.69) is 0 Å². The summed E-state index contributed by atoms with van der Waals surface area (Å²) >= 11 is 1.48. The lowest BCUT2D eigenvalue weighted by Crippen LogP contribution is -2.34. The van der Waals surface area contributed by atoms with E-state index in [9.17, 15) is 4.79 Å². The Hall–Kier alpha value is -3.38. The average Bonchev–Trinajstić information content (AvgIpc) is 3.23. The lowest BCUT2D eigenvalue weighted by molar-refractivity contribution is -0.120. The van der Waals surface area contributed by atoms with Crippen LogP contribution in [0.2, 0.25) is 0 Å². The van der Waals surface area contributed by atoms with Crippen molar-refractivity contribution in [1.29, 1.82) is 0 Å². The Balaban J connectivity index is 1.62. The molecule has 5 nitrogen and oxygen atoms in total. The number of ether oxygens (including phenoxy) is 2. The first-order valence-electron chi connectivity index (χ1n) is 10.2. The van der Waals surface area contributed by atoms with Gasteiger partial charge < -0.3 is 9.47 Å². The minimum atomic E-state index is -0.151. The molecule has 0 atom stereocenters. The molecule has 0 fully saturated rings. The average molecular weight is 433 g/mol. The molecule has 3 aromatic carbocycles. The van der Waals surface area contributed by atoms with E-state index in [0.29, 0.717) is 24.0 Å². The fourth-order valence-electron chi connectivity index (χ4n) is 3.18. The zero-order valence-electron chi connectivity index (χ0n) is 17.6. The number of hydrogen-bond donors (Lipinski definition) is 0. The highest BCUT2D eigenvalue weighted by Crippen LogP contribution is 2.35. The standard InChI is InChI=1S/C25H24N2O3S/c1-3-29-21-10-7-11-22-24(21)26-25(31-22)27(16-19-8-5-4-6-9-19)23(28)17-30-20-14-12-18(2)13-15-20/h4-15H,3,16-17H2,1-2H3. The second-order valence-corrected chi connectivity index (χ2v) is 8.11. The van der Waals surface area contributed by atoms with Crippen molar-refractivity contribution in [2.24, 2.45) is 0 Å². The smallest absolute Gasteiger partial charge is 0.267 e. The number of nitrogens with zero attached hydrogens (tertiary/aromatic N) is 2. The number of aromatic nitrogens is 1. The van der Waals surface area contributed by atoms with Crippen LogP contribution in [0.5, 0.6) is 11.5 Å². The molecule has 4 aromatic rings. The maximum Gasteiger partial charge on any atom is 0.267 e. The lowest BCUT2D eigenvalue weighted by atomic mass is 10.2. The van der Waals surface area contributed by atoms with E-state index in [0.717, 1.165) is 27.1 Å². The molecular formula is C25H24N2O3S. The Morgan fingerprint density at radius 1 is 0.968 bits per heavy atom. The summed E-state index contributed by atoms with van der Waals surface area (Å²) in [5.41, 5.74) is 2.94. The lowest BCUT2D eigenvalue weighted by Gasteiger charge is -2.20. The topological polar surface area (TPSA) is 51.7 Å². The molecule has 0 aliphatic rings. The highest BCUT2D eigenvalue weighted by atomic mass is 32.1. The normalized spacial score (nSPS) is 10.8. The van der Waals surface area contributed by atoms with Crippen LogP contribution in [0.3, 0.4) is 0 Å². The predicted molar refractivity (Wildman–Crippen MR) is 125 cm³/mol. The minimum absolute atomic E-state index is 0.0653. The number of fused-ring (bicyclic) bond motifs is 1. The molecule has 1 heterocycles. The zero-order valence-corrected chi connectivity index (χ0v) is 18.4. The fourth-order valence-corrected chi connectivity index (χ4v) is 4.18. The zero-order chi connectivity index (χ0) is 21.6. The highest BCUT2D eigenvalue weighted by Gasteiger charge is 2.22. The van der Waals surface area contributed by atoms with Crippen LogP contribution in [0, 0.1) is 6.92 Å². The molecule has 1 aromatic heterocycles. The van der Waals surface area contributed by atoms with Gasteiger partial charge >= 0.3 is 0 Å². The summed E-state index contributed by atoms with van der Waals surface area (Å²) in [6.07, 6.45) is 0. The quantitative estimate of drug-likeness (QED) is 0.363. The molecule has 31 heavy (non-hydrogen) atoms. The maximum absolute atomic E-state index is 13.2. The van der Waals surface area contributed by atoms with Crippen molar-refractivity contribution in [3.05, 3.63) is 83.9 Å². The molecule has 0 saturated carbocycles. The molecule has 0 saturated heterocycles. The monoisotopic (exact) mass is 432 g/mol. The van der Waals surface area contributed by atoms with Crippen LogP contribution >= 0.6 is 11.3 Å². The van der Waals surface area contributed by atoms with E-state index in [4.69, 9.17) is 14.5 Å². The Kier molecular flexibility index (Phi) is 6.48. The number of carbonyl (C=O) groups is 1. The van der Waals surface area contributed by atoms with Crippen LogP contribution in [0.25, 0.3) is 10.2 Å². The number of anilines is 1. The van der Waals surface area contributed by atoms with Gasteiger partial charge in [0.15, 0.2) is 11.7 Å². The molecule has 0 spiro atoms. The first kappa shape index (κ1) is 20.9. The van der Waals surface area contributed by atoms with E-state index in [1.807, 2.05) is 86.6 Å². The Morgan fingerprint density at radius 3 is 2.48 bits per heavy atom. The maximum atomic E-state index is 13.2. The van der Waals surface area contributed by atoms with Crippen LogP contribution in [0.1, 0.15) is 18.1 Å². The van der Waals surface area contributed by atoms with Crippen LogP contribution in [0.15, 0.2) is 72.8 Å². The number of amides is 1. The van der Waals surface area contributed by atoms with E-state index in [-0.39, 0.29) is 12.5 Å². The van der Waals surface area contributed by atoms with Crippen LogP contribution in [-0.4, -0.2) is 24.1 Å². The molecular weight excluding hydrogens is 408 g/mol. The van der Waals surface area contributed by atoms with E-state index >= 15 is 0 Å². The van der Waals surface area contributed by atoms with Crippen molar-refractivity contribution in [3.8, 4) is 11.5 Å². The molecule has 4 rings (SSSR count). The Labute approximate surface area is 185 Å². The number of thiazole rings is 1. The first-order valence-corrected chi connectivity index (χ1v) is 11.0. The molecule has 1 amide bonds.